The lowest BCUT2D eigenvalue weighted by Gasteiger charge is -2.56. The lowest BCUT2D eigenvalue weighted by Crippen LogP contribution is -2.53. The van der Waals surface area contributed by atoms with Crippen molar-refractivity contribution in [3.05, 3.63) is 18.0 Å². The van der Waals surface area contributed by atoms with Gasteiger partial charge in [-0.1, -0.05) is 0 Å². The first-order valence-corrected chi connectivity index (χ1v) is 8.38. The van der Waals surface area contributed by atoms with E-state index >= 15 is 0 Å². The van der Waals surface area contributed by atoms with Gasteiger partial charge in [-0.05, 0) is 74.8 Å². The molecule has 0 aromatic carbocycles. The van der Waals surface area contributed by atoms with Gasteiger partial charge in [0.05, 0.1) is 5.69 Å². The zero-order valence-electron chi connectivity index (χ0n) is 12.8. The van der Waals surface area contributed by atoms with Gasteiger partial charge in [-0.15, -0.1) is 0 Å². The Kier molecular flexibility index (Phi) is 3.13. The molecule has 1 N–H and O–H groups in total. The van der Waals surface area contributed by atoms with E-state index in [-0.39, 0.29) is 0 Å². The van der Waals surface area contributed by atoms with Crippen LogP contribution in [-0.4, -0.2) is 22.9 Å². The molecule has 1 aromatic rings. The first-order valence-electron chi connectivity index (χ1n) is 8.38. The molecule has 0 aliphatic heterocycles. The molecule has 4 saturated carbocycles. The van der Waals surface area contributed by atoms with Gasteiger partial charge in [-0.3, -0.25) is 4.68 Å². The third kappa shape index (κ3) is 2.11. The van der Waals surface area contributed by atoms with Gasteiger partial charge < -0.3 is 5.32 Å². The monoisotopic (exact) mass is 273 g/mol. The molecule has 1 unspecified atom stereocenters. The van der Waals surface area contributed by atoms with Crippen LogP contribution in [0.5, 0.6) is 0 Å². The van der Waals surface area contributed by atoms with Crippen molar-refractivity contribution in [3.63, 3.8) is 0 Å². The van der Waals surface area contributed by atoms with Crippen LogP contribution < -0.4 is 5.32 Å². The van der Waals surface area contributed by atoms with Crippen LogP contribution in [0.3, 0.4) is 0 Å². The molecule has 110 valence electrons. The molecule has 0 spiro atoms. The van der Waals surface area contributed by atoms with Crippen molar-refractivity contribution in [1.29, 1.82) is 0 Å². The highest BCUT2D eigenvalue weighted by Crippen LogP contribution is 2.57. The number of nitrogens with one attached hydrogen (secondary N) is 1. The fourth-order valence-electron chi connectivity index (χ4n) is 5.85. The summed E-state index contributed by atoms with van der Waals surface area (Å²) in [5.74, 6) is 5.02. The summed E-state index contributed by atoms with van der Waals surface area (Å²) in [5, 5.41) is 8.23. The lowest BCUT2D eigenvalue weighted by molar-refractivity contribution is -0.0508. The van der Waals surface area contributed by atoms with Gasteiger partial charge >= 0.3 is 0 Å². The van der Waals surface area contributed by atoms with Crippen LogP contribution in [-0.2, 0) is 13.5 Å². The molecule has 0 radical (unpaired) electrons. The molecule has 5 rings (SSSR count). The summed E-state index contributed by atoms with van der Waals surface area (Å²) in [7, 11) is 4.17. The van der Waals surface area contributed by atoms with E-state index in [1.165, 1.54) is 31.4 Å². The number of hydrogen-bond donors (Lipinski definition) is 1. The van der Waals surface area contributed by atoms with Gasteiger partial charge in [0.25, 0.3) is 0 Å². The Morgan fingerprint density at radius 2 is 1.85 bits per heavy atom. The molecule has 1 atom stereocenters. The normalized spacial score (nSPS) is 40.2. The molecule has 4 bridgehead atoms. The maximum Gasteiger partial charge on any atom is 0.0640 e. The van der Waals surface area contributed by atoms with Crippen molar-refractivity contribution in [2.45, 2.75) is 44.6 Å². The summed E-state index contributed by atoms with van der Waals surface area (Å²) in [6, 6.07) is 2.81. The van der Waals surface area contributed by atoms with Crippen LogP contribution in [0, 0.1) is 29.6 Å². The highest BCUT2D eigenvalue weighted by atomic mass is 15.2. The summed E-state index contributed by atoms with van der Waals surface area (Å²) in [5.41, 5.74) is 1.25. The third-order valence-corrected chi connectivity index (χ3v) is 6.33. The molecular weight excluding hydrogens is 246 g/mol. The van der Waals surface area contributed by atoms with E-state index < -0.39 is 0 Å². The summed E-state index contributed by atoms with van der Waals surface area (Å²) >= 11 is 0. The van der Waals surface area contributed by atoms with Crippen LogP contribution in [0.25, 0.3) is 0 Å². The molecule has 3 nitrogen and oxygen atoms in total. The van der Waals surface area contributed by atoms with Crippen molar-refractivity contribution in [1.82, 2.24) is 15.1 Å². The number of nitrogens with zero attached hydrogens (tertiary/aromatic N) is 2. The first-order chi connectivity index (χ1) is 9.72. The third-order valence-electron chi connectivity index (χ3n) is 6.33. The Morgan fingerprint density at radius 3 is 2.35 bits per heavy atom. The smallest absolute Gasteiger partial charge is 0.0640 e. The van der Waals surface area contributed by atoms with E-state index in [0.29, 0.717) is 6.04 Å². The van der Waals surface area contributed by atoms with Gasteiger partial charge in [-0.25, -0.2) is 0 Å². The topological polar surface area (TPSA) is 29.9 Å². The predicted molar refractivity (Wildman–Crippen MR) is 80.3 cm³/mol. The van der Waals surface area contributed by atoms with E-state index in [1.54, 1.807) is 6.42 Å². The SMILES string of the molecule is CNC(Cc1ccn(C)n1)C1C2CC3CC(C2)CC1C3. The number of hydrogen-bond acceptors (Lipinski definition) is 2. The Morgan fingerprint density at radius 1 is 1.20 bits per heavy atom. The molecule has 4 aliphatic rings. The average molecular weight is 273 g/mol. The maximum atomic E-state index is 4.59. The Hall–Kier alpha value is -0.830. The molecule has 0 saturated heterocycles. The van der Waals surface area contributed by atoms with E-state index in [0.717, 1.165) is 36.0 Å². The predicted octanol–water partition coefficient (Wildman–Crippen LogP) is 2.62. The Balaban J connectivity index is 1.52. The molecule has 1 heterocycles. The quantitative estimate of drug-likeness (QED) is 0.914. The average Bonchev–Trinajstić information content (AvgIpc) is 2.81. The van der Waals surface area contributed by atoms with Crippen LogP contribution in [0.2, 0.25) is 0 Å². The van der Waals surface area contributed by atoms with Crippen LogP contribution >= 0.6 is 0 Å². The lowest BCUT2D eigenvalue weighted by atomic mass is 9.50. The second kappa shape index (κ2) is 4.87. The van der Waals surface area contributed by atoms with E-state index in [2.05, 4.69) is 29.7 Å². The summed E-state index contributed by atoms with van der Waals surface area (Å²) in [6.45, 7) is 0. The highest BCUT2D eigenvalue weighted by molar-refractivity contribution is 5.07. The van der Waals surface area contributed by atoms with Crippen molar-refractivity contribution in [3.8, 4) is 0 Å². The maximum absolute atomic E-state index is 4.59. The van der Waals surface area contributed by atoms with Gasteiger partial charge in [0.2, 0.25) is 0 Å². The zero-order chi connectivity index (χ0) is 13.7. The zero-order valence-corrected chi connectivity index (χ0v) is 12.8. The van der Waals surface area contributed by atoms with Gasteiger partial charge in [-0.2, -0.15) is 5.10 Å². The molecule has 20 heavy (non-hydrogen) atoms. The fourth-order valence-corrected chi connectivity index (χ4v) is 5.85. The standard InChI is InChI=1S/C17H27N3/c1-18-16(10-15-3-4-20(2)19-15)17-13-6-11-5-12(8-13)9-14(17)7-11/h3-4,11-14,16-18H,5-10H2,1-2H3. The van der Waals surface area contributed by atoms with E-state index in [4.69, 9.17) is 0 Å². The molecule has 1 aromatic heterocycles. The second-order valence-corrected chi connectivity index (χ2v) is 7.59. The van der Waals surface area contributed by atoms with Crippen molar-refractivity contribution in [2.75, 3.05) is 7.05 Å². The van der Waals surface area contributed by atoms with Crippen molar-refractivity contribution in [2.24, 2.45) is 36.6 Å². The molecular formula is C17H27N3. The Bertz CT molecular complexity index is 450. The molecule has 0 amide bonds. The number of likely N-dealkylation sites (N-methyl/N-ethyl adjacent to an activating group) is 1. The number of aromatic nitrogens is 2. The summed E-state index contributed by atoms with van der Waals surface area (Å²) in [6.07, 6.45) is 10.8. The minimum atomic E-state index is 0.625. The minimum Gasteiger partial charge on any atom is -0.316 e. The Labute approximate surface area is 122 Å². The van der Waals surface area contributed by atoms with Crippen LogP contribution in [0.1, 0.15) is 37.8 Å². The highest BCUT2D eigenvalue weighted by Gasteiger charge is 2.50. The van der Waals surface area contributed by atoms with Crippen molar-refractivity contribution >= 4 is 0 Å². The molecule has 3 heteroatoms. The molecule has 4 fully saturated rings. The largest absolute Gasteiger partial charge is 0.316 e. The molecule has 4 aliphatic carbocycles. The van der Waals surface area contributed by atoms with Crippen LogP contribution in [0.4, 0.5) is 0 Å². The van der Waals surface area contributed by atoms with Gasteiger partial charge in [0, 0.05) is 25.7 Å². The summed E-state index contributed by atoms with van der Waals surface area (Å²) in [4.78, 5) is 0. The van der Waals surface area contributed by atoms with E-state index in [1.807, 2.05) is 11.7 Å². The summed E-state index contributed by atoms with van der Waals surface area (Å²) < 4.78 is 1.93. The minimum absolute atomic E-state index is 0.625. The van der Waals surface area contributed by atoms with Gasteiger partial charge in [0.15, 0.2) is 0 Å². The van der Waals surface area contributed by atoms with Crippen molar-refractivity contribution < 1.29 is 0 Å². The van der Waals surface area contributed by atoms with Gasteiger partial charge in [0.1, 0.15) is 0 Å². The van der Waals surface area contributed by atoms with E-state index in [9.17, 15) is 0 Å². The first kappa shape index (κ1) is 12.9. The number of rotatable bonds is 4. The number of aryl methyl sites for hydroxylation is 1. The van der Waals surface area contributed by atoms with Crippen LogP contribution in [0.15, 0.2) is 12.3 Å². The second-order valence-electron chi connectivity index (χ2n) is 7.59. The fraction of sp³-hybridized carbons (Fsp3) is 0.824.